The molecule has 26 heavy (non-hydrogen) atoms. The normalized spacial score (nSPS) is 11.2. The fourth-order valence-electron chi connectivity index (χ4n) is 2.08. The maximum Gasteiger partial charge on any atom is 0.272 e. The standard InChI is InChI=1S/C15H12ClF3N4O2S/c1-24-15-9(4-8(17)14(22-15)25-6-12(18)19)23-26-10-5-20-13-7(10)2-3-11(16)21-13/h2-5,12,23H,6H2,1H3,(H,20,21). The van der Waals surface area contributed by atoms with Gasteiger partial charge in [0.05, 0.1) is 12.0 Å². The third-order valence-corrected chi connectivity index (χ3v) is 4.28. The van der Waals surface area contributed by atoms with Crippen molar-refractivity contribution in [3.05, 3.63) is 35.4 Å². The van der Waals surface area contributed by atoms with Crippen LogP contribution in [-0.4, -0.2) is 35.1 Å². The predicted molar refractivity (Wildman–Crippen MR) is 92.8 cm³/mol. The lowest BCUT2D eigenvalue weighted by molar-refractivity contribution is 0.0770. The van der Waals surface area contributed by atoms with Gasteiger partial charge in [-0.15, -0.1) is 0 Å². The van der Waals surface area contributed by atoms with Crippen LogP contribution in [0.3, 0.4) is 0 Å². The molecule has 0 bridgehead atoms. The Morgan fingerprint density at radius 2 is 2.12 bits per heavy atom. The first-order chi connectivity index (χ1) is 12.5. The number of H-pyrrole nitrogens is 1. The Morgan fingerprint density at radius 1 is 1.31 bits per heavy atom. The number of ether oxygens (including phenoxy) is 2. The summed E-state index contributed by atoms with van der Waals surface area (Å²) in [7, 11) is 1.32. The van der Waals surface area contributed by atoms with Crippen LogP contribution in [0.5, 0.6) is 11.8 Å². The highest BCUT2D eigenvalue weighted by atomic mass is 35.5. The largest absolute Gasteiger partial charge is 0.479 e. The zero-order valence-electron chi connectivity index (χ0n) is 13.2. The summed E-state index contributed by atoms with van der Waals surface area (Å²) >= 11 is 7.01. The van der Waals surface area contributed by atoms with Crippen molar-refractivity contribution < 1.29 is 22.6 Å². The number of halogens is 4. The van der Waals surface area contributed by atoms with Crippen molar-refractivity contribution in [3.63, 3.8) is 0 Å². The second-order valence-electron chi connectivity index (χ2n) is 4.92. The van der Waals surface area contributed by atoms with E-state index < -0.39 is 24.7 Å². The van der Waals surface area contributed by atoms with Crippen LogP contribution in [0, 0.1) is 5.82 Å². The van der Waals surface area contributed by atoms with E-state index in [1.807, 2.05) is 0 Å². The molecule has 3 rings (SSSR count). The molecule has 2 N–H and O–H groups in total. The van der Waals surface area contributed by atoms with Gasteiger partial charge >= 0.3 is 0 Å². The minimum Gasteiger partial charge on any atom is -0.479 e. The number of alkyl halides is 2. The van der Waals surface area contributed by atoms with Crippen LogP contribution in [0.4, 0.5) is 18.9 Å². The van der Waals surface area contributed by atoms with E-state index in [4.69, 9.17) is 16.3 Å². The Labute approximate surface area is 155 Å². The van der Waals surface area contributed by atoms with Gasteiger partial charge in [-0.3, -0.25) is 0 Å². The number of methoxy groups -OCH3 is 1. The zero-order chi connectivity index (χ0) is 18.7. The molecule has 3 heterocycles. The number of nitrogens with one attached hydrogen (secondary N) is 2. The van der Waals surface area contributed by atoms with Gasteiger partial charge in [-0.05, 0) is 24.1 Å². The quantitative estimate of drug-likeness (QED) is 0.445. The van der Waals surface area contributed by atoms with E-state index in [1.54, 1.807) is 18.3 Å². The minimum atomic E-state index is -2.74. The number of hydrogen-bond donors (Lipinski definition) is 2. The van der Waals surface area contributed by atoms with Crippen LogP contribution in [0.2, 0.25) is 5.15 Å². The number of aromatic nitrogens is 3. The van der Waals surface area contributed by atoms with Crippen molar-refractivity contribution in [1.29, 1.82) is 0 Å². The number of aromatic amines is 1. The second kappa shape index (κ2) is 7.92. The minimum absolute atomic E-state index is 0.00387. The molecule has 0 fully saturated rings. The molecule has 11 heteroatoms. The monoisotopic (exact) mass is 404 g/mol. The van der Waals surface area contributed by atoms with Gasteiger partial charge in [0.2, 0.25) is 5.88 Å². The van der Waals surface area contributed by atoms with Gasteiger partial charge in [-0.1, -0.05) is 11.6 Å². The molecule has 3 aromatic heterocycles. The van der Waals surface area contributed by atoms with Gasteiger partial charge in [0.25, 0.3) is 12.3 Å². The van der Waals surface area contributed by atoms with Crippen LogP contribution in [0.15, 0.2) is 29.3 Å². The Kier molecular flexibility index (Phi) is 5.62. The van der Waals surface area contributed by atoms with Crippen LogP contribution in [0.25, 0.3) is 11.0 Å². The van der Waals surface area contributed by atoms with E-state index in [0.717, 1.165) is 16.3 Å². The number of rotatable bonds is 7. The first-order valence-electron chi connectivity index (χ1n) is 7.20. The summed E-state index contributed by atoms with van der Waals surface area (Å²) in [4.78, 5) is 11.7. The predicted octanol–water partition coefficient (Wildman–Crippen LogP) is 4.52. The van der Waals surface area contributed by atoms with E-state index >= 15 is 0 Å². The lowest BCUT2D eigenvalue weighted by Crippen LogP contribution is -2.10. The van der Waals surface area contributed by atoms with Crippen molar-refractivity contribution >= 4 is 40.3 Å². The average Bonchev–Trinajstić information content (AvgIpc) is 3.00. The van der Waals surface area contributed by atoms with Crippen LogP contribution in [0.1, 0.15) is 0 Å². The topological polar surface area (TPSA) is 72.1 Å². The number of nitrogens with zero attached hydrogens (tertiary/aromatic N) is 2. The maximum absolute atomic E-state index is 14.0. The molecular weight excluding hydrogens is 393 g/mol. The molecule has 0 spiro atoms. The summed E-state index contributed by atoms with van der Waals surface area (Å²) in [6.45, 7) is -0.959. The molecule has 0 aromatic carbocycles. The highest BCUT2D eigenvalue weighted by Gasteiger charge is 2.16. The molecule has 0 aliphatic rings. The Morgan fingerprint density at radius 3 is 2.85 bits per heavy atom. The molecular formula is C15H12ClF3N4O2S. The SMILES string of the molecule is COc1nc(OCC(F)F)c(F)cc1NSc1c[nH]c2nc(Cl)ccc12. The van der Waals surface area contributed by atoms with Crippen molar-refractivity contribution in [2.75, 3.05) is 18.4 Å². The third kappa shape index (κ3) is 4.07. The van der Waals surface area contributed by atoms with Crippen molar-refractivity contribution in [1.82, 2.24) is 15.0 Å². The number of fused-ring (bicyclic) bond motifs is 1. The molecule has 0 atom stereocenters. The summed E-state index contributed by atoms with van der Waals surface area (Å²) in [6, 6.07) is 4.50. The fourth-order valence-corrected chi connectivity index (χ4v) is 2.98. The van der Waals surface area contributed by atoms with Crippen LogP contribution < -0.4 is 14.2 Å². The molecule has 0 amide bonds. The highest BCUT2D eigenvalue weighted by Crippen LogP contribution is 2.34. The molecule has 6 nitrogen and oxygen atoms in total. The van der Waals surface area contributed by atoms with Gasteiger partial charge in [-0.2, -0.15) is 4.98 Å². The van der Waals surface area contributed by atoms with Gasteiger partial charge in [-0.25, -0.2) is 18.2 Å². The molecule has 0 unspecified atom stereocenters. The smallest absolute Gasteiger partial charge is 0.272 e. The molecule has 0 radical (unpaired) electrons. The first kappa shape index (κ1) is 18.5. The lowest BCUT2D eigenvalue weighted by Gasteiger charge is -2.12. The Bertz CT molecular complexity index is 925. The lowest BCUT2D eigenvalue weighted by atomic mass is 10.3. The molecule has 0 saturated heterocycles. The summed E-state index contributed by atoms with van der Waals surface area (Å²) in [6.07, 6.45) is -1.03. The van der Waals surface area contributed by atoms with Gasteiger partial charge in [0.15, 0.2) is 12.4 Å². The highest BCUT2D eigenvalue weighted by molar-refractivity contribution is 8.00. The molecule has 138 valence electrons. The molecule has 0 aliphatic carbocycles. The molecule has 0 saturated carbocycles. The maximum atomic E-state index is 14.0. The van der Waals surface area contributed by atoms with Crippen molar-refractivity contribution in [3.8, 4) is 11.8 Å². The van der Waals surface area contributed by atoms with Crippen LogP contribution >= 0.6 is 23.5 Å². The first-order valence-corrected chi connectivity index (χ1v) is 8.39. The van der Waals surface area contributed by atoms with E-state index in [9.17, 15) is 13.2 Å². The van der Waals surface area contributed by atoms with Gasteiger partial charge in [0, 0.05) is 17.6 Å². The summed E-state index contributed by atoms with van der Waals surface area (Å²) in [5, 5.41) is 1.17. The summed E-state index contributed by atoms with van der Waals surface area (Å²) in [5.74, 6) is -1.44. The van der Waals surface area contributed by atoms with E-state index in [2.05, 4.69) is 24.4 Å². The van der Waals surface area contributed by atoms with Gasteiger partial charge < -0.3 is 19.2 Å². The van der Waals surface area contributed by atoms with E-state index in [-0.39, 0.29) is 11.6 Å². The van der Waals surface area contributed by atoms with Crippen molar-refractivity contribution in [2.24, 2.45) is 0 Å². The van der Waals surface area contributed by atoms with E-state index in [0.29, 0.717) is 10.8 Å². The third-order valence-electron chi connectivity index (χ3n) is 3.19. The zero-order valence-corrected chi connectivity index (χ0v) is 14.8. The molecule has 3 aromatic rings. The van der Waals surface area contributed by atoms with Crippen LogP contribution in [-0.2, 0) is 0 Å². The Hall–Kier alpha value is -2.33. The number of anilines is 1. The number of pyridine rings is 2. The fraction of sp³-hybridized carbons (Fsp3) is 0.200. The average molecular weight is 405 g/mol. The number of hydrogen-bond acceptors (Lipinski definition) is 6. The van der Waals surface area contributed by atoms with Crippen molar-refractivity contribution in [2.45, 2.75) is 11.3 Å². The van der Waals surface area contributed by atoms with E-state index in [1.165, 1.54) is 19.1 Å². The second-order valence-corrected chi connectivity index (χ2v) is 6.16. The summed E-state index contributed by atoms with van der Waals surface area (Å²) in [5.41, 5.74) is 0.824. The Balaban J connectivity index is 1.79. The van der Waals surface area contributed by atoms with Gasteiger partial charge in [0.1, 0.15) is 16.5 Å². The molecule has 0 aliphatic heterocycles. The summed E-state index contributed by atoms with van der Waals surface area (Å²) < 4.78 is 51.0.